The van der Waals surface area contributed by atoms with Crippen LogP contribution in [-0.2, 0) is 0 Å². The maximum Gasteiger partial charge on any atom is 0.131 e. The maximum absolute atomic E-state index is 9.01. The van der Waals surface area contributed by atoms with Crippen molar-refractivity contribution in [1.29, 1.82) is 5.26 Å². The largest absolute Gasteiger partial charge is 0.383 e. The smallest absolute Gasteiger partial charge is 0.131 e. The second kappa shape index (κ2) is 5.38. The van der Waals surface area contributed by atoms with Gasteiger partial charge in [0.2, 0.25) is 0 Å². The molecule has 0 amide bonds. The van der Waals surface area contributed by atoms with Gasteiger partial charge in [-0.15, -0.1) is 0 Å². The van der Waals surface area contributed by atoms with Crippen LogP contribution < -0.4 is 5.73 Å². The fourth-order valence-corrected chi connectivity index (χ4v) is 2.36. The molecule has 0 radical (unpaired) electrons. The van der Waals surface area contributed by atoms with Crippen LogP contribution in [0.15, 0.2) is 24.3 Å². The average molecular weight is 268 g/mol. The molecule has 0 atom stereocenters. The lowest BCUT2D eigenvalue weighted by Crippen LogP contribution is -2.10. The first-order valence-corrected chi connectivity index (χ1v) is 6.83. The van der Waals surface area contributed by atoms with Gasteiger partial charge in [-0.3, -0.25) is 0 Å². The Morgan fingerprint density at radius 3 is 2.45 bits per heavy atom. The number of imidazole rings is 1. The summed E-state index contributed by atoms with van der Waals surface area (Å²) in [5.74, 6) is 1.95. The van der Waals surface area contributed by atoms with E-state index < -0.39 is 0 Å². The van der Waals surface area contributed by atoms with Crippen molar-refractivity contribution in [1.82, 2.24) is 9.55 Å². The highest BCUT2D eigenvalue weighted by Gasteiger charge is 2.20. The average Bonchev–Trinajstić information content (AvgIpc) is 2.77. The monoisotopic (exact) mass is 268 g/mol. The fraction of sp³-hybridized carbons (Fsp3) is 0.375. The molecule has 0 bridgehead atoms. The van der Waals surface area contributed by atoms with Crippen molar-refractivity contribution < 1.29 is 0 Å². The molecule has 104 valence electrons. The Hall–Kier alpha value is -2.28. The van der Waals surface area contributed by atoms with Crippen LogP contribution in [-0.4, -0.2) is 9.55 Å². The predicted molar refractivity (Wildman–Crippen MR) is 81.3 cm³/mol. The molecule has 2 aromatic rings. The molecule has 0 aliphatic carbocycles. The van der Waals surface area contributed by atoms with Gasteiger partial charge < -0.3 is 10.3 Å². The number of nitrogens with zero attached hydrogens (tertiary/aromatic N) is 3. The zero-order valence-corrected chi connectivity index (χ0v) is 12.4. The van der Waals surface area contributed by atoms with Gasteiger partial charge in [0.25, 0.3) is 0 Å². The summed E-state index contributed by atoms with van der Waals surface area (Å²) in [7, 11) is 0. The van der Waals surface area contributed by atoms with Crippen LogP contribution in [0.2, 0.25) is 0 Å². The number of hydrogen-bond acceptors (Lipinski definition) is 3. The van der Waals surface area contributed by atoms with Gasteiger partial charge in [0.1, 0.15) is 17.3 Å². The van der Waals surface area contributed by atoms with Crippen molar-refractivity contribution in [2.45, 2.75) is 39.7 Å². The highest BCUT2D eigenvalue weighted by Crippen LogP contribution is 2.32. The van der Waals surface area contributed by atoms with Gasteiger partial charge in [-0.25, -0.2) is 4.98 Å². The molecule has 4 nitrogen and oxygen atoms in total. The number of nitrogens with two attached hydrogens (primary N) is 1. The molecule has 1 heterocycles. The van der Waals surface area contributed by atoms with Gasteiger partial charge in [-0.05, 0) is 26.0 Å². The molecular formula is C16H20N4. The summed E-state index contributed by atoms with van der Waals surface area (Å²) in [6.45, 7) is 8.41. The summed E-state index contributed by atoms with van der Waals surface area (Å²) in [5, 5.41) is 9.01. The Morgan fingerprint density at radius 1 is 1.25 bits per heavy atom. The molecule has 1 aromatic carbocycles. The Bertz CT molecular complexity index is 660. The Kier molecular flexibility index (Phi) is 3.80. The molecule has 2 rings (SSSR count). The summed E-state index contributed by atoms with van der Waals surface area (Å²) >= 11 is 0. The summed E-state index contributed by atoms with van der Waals surface area (Å²) < 4.78 is 2.07. The summed E-state index contributed by atoms with van der Waals surface area (Å²) in [5.41, 5.74) is 8.56. The Labute approximate surface area is 119 Å². The summed E-state index contributed by atoms with van der Waals surface area (Å²) in [4.78, 5) is 4.70. The molecule has 0 fully saturated rings. The van der Waals surface area contributed by atoms with E-state index in [1.807, 2.05) is 18.2 Å². The van der Waals surface area contributed by atoms with Crippen molar-refractivity contribution in [2.75, 3.05) is 5.73 Å². The molecule has 20 heavy (non-hydrogen) atoms. The second-order valence-electron chi connectivity index (χ2n) is 5.51. The van der Waals surface area contributed by atoms with Gasteiger partial charge in [0.05, 0.1) is 11.6 Å². The lowest BCUT2D eigenvalue weighted by atomic mass is 10.1. The van der Waals surface area contributed by atoms with Crippen molar-refractivity contribution in [3.05, 3.63) is 35.7 Å². The van der Waals surface area contributed by atoms with E-state index in [2.05, 4.69) is 38.3 Å². The highest BCUT2D eigenvalue weighted by atomic mass is 15.2. The first-order chi connectivity index (χ1) is 9.45. The second-order valence-corrected chi connectivity index (χ2v) is 5.51. The van der Waals surface area contributed by atoms with Crippen molar-refractivity contribution in [3.63, 3.8) is 0 Å². The van der Waals surface area contributed by atoms with E-state index in [1.165, 1.54) is 0 Å². The number of rotatable bonds is 3. The minimum Gasteiger partial charge on any atom is -0.383 e. The standard InChI is InChI=1S/C16H20N4/c1-10(2)16-19-14(15(18)20(16)11(3)4)13-7-5-6-12(8-13)9-17/h5-8,10-11H,18H2,1-4H3. The number of nitrogen functional groups attached to an aromatic ring is 1. The van der Waals surface area contributed by atoms with Crippen LogP contribution >= 0.6 is 0 Å². The molecule has 2 N–H and O–H groups in total. The number of aromatic nitrogens is 2. The molecule has 0 aliphatic heterocycles. The van der Waals surface area contributed by atoms with E-state index in [0.29, 0.717) is 17.3 Å². The summed E-state index contributed by atoms with van der Waals surface area (Å²) in [6, 6.07) is 9.81. The third-order valence-corrected chi connectivity index (χ3v) is 3.27. The van der Waals surface area contributed by atoms with Crippen LogP contribution in [0.5, 0.6) is 0 Å². The van der Waals surface area contributed by atoms with Gasteiger partial charge in [-0.1, -0.05) is 26.0 Å². The predicted octanol–water partition coefficient (Wildman–Crippen LogP) is 3.71. The van der Waals surface area contributed by atoms with Crippen LogP contribution in [0, 0.1) is 11.3 Å². The quantitative estimate of drug-likeness (QED) is 0.922. The van der Waals surface area contributed by atoms with Gasteiger partial charge in [-0.2, -0.15) is 5.26 Å². The minimum absolute atomic E-state index is 0.257. The summed E-state index contributed by atoms with van der Waals surface area (Å²) in [6.07, 6.45) is 0. The zero-order valence-electron chi connectivity index (χ0n) is 12.4. The molecule has 0 saturated heterocycles. The number of nitriles is 1. The van der Waals surface area contributed by atoms with Gasteiger partial charge in [0.15, 0.2) is 0 Å². The maximum atomic E-state index is 9.01. The minimum atomic E-state index is 0.257. The normalized spacial score (nSPS) is 11.1. The molecule has 0 unspecified atom stereocenters. The van der Waals surface area contributed by atoms with Gasteiger partial charge in [0, 0.05) is 17.5 Å². The zero-order chi connectivity index (χ0) is 14.9. The number of anilines is 1. The van der Waals surface area contributed by atoms with Crippen molar-refractivity contribution in [3.8, 4) is 17.3 Å². The molecular weight excluding hydrogens is 248 g/mol. The fourth-order valence-electron chi connectivity index (χ4n) is 2.36. The van der Waals surface area contributed by atoms with E-state index in [1.54, 1.807) is 6.07 Å². The van der Waals surface area contributed by atoms with Crippen molar-refractivity contribution in [2.24, 2.45) is 0 Å². The van der Waals surface area contributed by atoms with E-state index in [9.17, 15) is 0 Å². The molecule has 0 spiro atoms. The van der Waals surface area contributed by atoms with Crippen LogP contribution in [0.3, 0.4) is 0 Å². The third kappa shape index (κ3) is 2.39. The van der Waals surface area contributed by atoms with Crippen LogP contribution in [0.25, 0.3) is 11.3 Å². The molecule has 4 heteroatoms. The van der Waals surface area contributed by atoms with Crippen LogP contribution in [0.1, 0.15) is 51.0 Å². The van der Waals surface area contributed by atoms with Crippen molar-refractivity contribution >= 4 is 5.82 Å². The first-order valence-electron chi connectivity index (χ1n) is 6.83. The van der Waals surface area contributed by atoms with E-state index in [4.69, 9.17) is 16.0 Å². The van der Waals surface area contributed by atoms with Gasteiger partial charge >= 0.3 is 0 Å². The SMILES string of the molecule is CC(C)c1nc(-c2cccc(C#N)c2)c(N)n1C(C)C. The lowest BCUT2D eigenvalue weighted by Gasteiger charge is -2.15. The van der Waals surface area contributed by atoms with E-state index in [-0.39, 0.29) is 6.04 Å². The Morgan fingerprint density at radius 2 is 1.95 bits per heavy atom. The number of benzene rings is 1. The molecule has 0 saturated carbocycles. The molecule has 0 aliphatic rings. The van der Waals surface area contributed by atoms with E-state index in [0.717, 1.165) is 17.1 Å². The highest BCUT2D eigenvalue weighted by molar-refractivity contribution is 5.72. The third-order valence-electron chi connectivity index (χ3n) is 3.27. The topological polar surface area (TPSA) is 67.6 Å². The number of hydrogen-bond donors (Lipinski definition) is 1. The van der Waals surface area contributed by atoms with E-state index >= 15 is 0 Å². The first kappa shape index (κ1) is 14.1. The molecule has 1 aromatic heterocycles. The van der Waals surface area contributed by atoms with Crippen LogP contribution in [0.4, 0.5) is 5.82 Å². The lowest BCUT2D eigenvalue weighted by molar-refractivity contribution is 0.556. The Balaban J connectivity index is 2.63.